The van der Waals surface area contributed by atoms with Gasteiger partial charge in [-0.2, -0.15) is 0 Å². The fourth-order valence-electron chi connectivity index (χ4n) is 3.27. The van der Waals surface area contributed by atoms with E-state index in [4.69, 9.17) is 4.74 Å². The van der Waals surface area contributed by atoms with E-state index in [1.807, 2.05) is 18.3 Å². The van der Waals surface area contributed by atoms with E-state index in [2.05, 4.69) is 61.7 Å². The number of likely N-dealkylation sites (N-methyl/N-ethyl adjacent to an activating group) is 1. The van der Waals surface area contributed by atoms with Gasteiger partial charge in [0, 0.05) is 52.5 Å². The molecule has 1 saturated heterocycles. The van der Waals surface area contributed by atoms with Crippen LogP contribution in [0.15, 0.2) is 47.6 Å². The topological polar surface area (TPSA) is 65.0 Å². The first-order chi connectivity index (χ1) is 14.2. The zero-order chi connectivity index (χ0) is 20.5. The smallest absolute Gasteiger partial charge is 0.191 e. The lowest BCUT2D eigenvalue weighted by Gasteiger charge is -2.33. The Hall–Kier alpha value is -2.80. The van der Waals surface area contributed by atoms with Crippen molar-refractivity contribution in [2.45, 2.75) is 13.0 Å². The van der Waals surface area contributed by atoms with E-state index in [0.29, 0.717) is 6.54 Å². The highest BCUT2D eigenvalue weighted by Crippen LogP contribution is 2.13. The van der Waals surface area contributed by atoms with Crippen LogP contribution in [0.4, 0.5) is 5.82 Å². The summed E-state index contributed by atoms with van der Waals surface area (Å²) in [6, 6.07) is 12.4. The standard InChI is InChI=1S/C22H32N6O/c1-23-22(24-11-10-18-4-7-20(29-3)8-5-18)26-17-19-6-9-21(25-16-19)28-14-12-27(2)13-15-28/h4-9,16H,10-15,17H2,1-3H3,(H2,23,24,26). The molecule has 0 atom stereocenters. The van der Waals surface area contributed by atoms with Crippen molar-refractivity contribution in [1.29, 1.82) is 0 Å². The van der Waals surface area contributed by atoms with Crippen LogP contribution in [0.5, 0.6) is 5.75 Å². The van der Waals surface area contributed by atoms with Gasteiger partial charge in [-0.3, -0.25) is 4.99 Å². The number of hydrogen-bond acceptors (Lipinski definition) is 5. The number of aliphatic imine (C=N–C) groups is 1. The highest BCUT2D eigenvalue weighted by molar-refractivity contribution is 5.79. The lowest BCUT2D eigenvalue weighted by molar-refractivity contribution is 0.312. The summed E-state index contributed by atoms with van der Waals surface area (Å²) in [5.74, 6) is 2.73. The Balaban J connectivity index is 1.41. The van der Waals surface area contributed by atoms with Gasteiger partial charge in [0.2, 0.25) is 0 Å². The second-order valence-corrected chi connectivity index (χ2v) is 7.27. The molecule has 7 nitrogen and oxygen atoms in total. The minimum atomic E-state index is 0.693. The van der Waals surface area contributed by atoms with Crippen LogP contribution < -0.4 is 20.3 Å². The quantitative estimate of drug-likeness (QED) is 0.549. The van der Waals surface area contributed by atoms with Crippen molar-refractivity contribution >= 4 is 11.8 Å². The first-order valence-corrected chi connectivity index (χ1v) is 10.1. The summed E-state index contributed by atoms with van der Waals surface area (Å²) in [4.78, 5) is 13.6. The van der Waals surface area contributed by atoms with E-state index in [-0.39, 0.29) is 0 Å². The van der Waals surface area contributed by atoms with Gasteiger partial charge < -0.3 is 25.2 Å². The van der Waals surface area contributed by atoms with Crippen molar-refractivity contribution in [3.8, 4) is 5.75 Å². The predicted molar refractivity (Wildman–Crippen MR) is 119 cm³/mol. The number of nitrogens with zero attached hydrogens (tertiary/aromatic N) is 4. The summed E-state index contributed by atoms with van der Waals surface area (Å²) in [6.07, 6.45) is 2.87. The molecule has 0 unspecified atom stereocenters. The van der Waals surface area contributed by atoms with Crippen LogP contribution in [0, 0.1) is 0 Å². The van der Waals surface area contributed by atoms with Crippen molar-refractivity contribution in [2.75, 3.05) is 58.8 Å². The maximum atomic E-state index is 5.19. The molecular weight excluding hydrogens is 364 g/mol. The predicted octanol–water partition coefficient (Wildman–Crippen LogP) is 1.75. The van der Waals surface area contributed by atoms with Crippen LogP contribution in [0.25, 0.3) is 0 Å². The third-order valence-corrected chi connectivity index (χ3v) is 5.19. The molecule has 2 aromatic rings. The lowest BCUT2D eigenvalue weighted by Crippen LogP contribution is -2.44. The SMILES string of the molecule is CN=C(NCCc1ccc(OC)cc1)NCc1ccc(N2CCN(C)CC2)nc1. The summed E-state index contributed by atoms with van der Waals surface area (Å²) >= 11 is 0. The number of aromatic nitrogens is 1. The minimum Gasteiger partial charge on any atom is -0.497 e. The number of nitrogens with one attached hydrogen (secondary N) is 2. The maximum Gasteiger partial charge on any atom is 0.191 e. The highest BCUT2D eigenvalue weighted by atomic mass is 16.5. The number of pyridine rings is 1. The zero-order valence-corrected chi connectivity index (χ0v) is 17.7. The van der Waals surface area contributed by atoms with E-state index >= 15 is 0 Å². The summed E-state index contributed by atoms with van der Waals surface area (Å²) in [7, 11) is 5.64. The van der Waals surface area contributed by atoms with Gasteiger partial charge in [0.15, 0.2) is 5.96 Å². The van der Waals surface area contributed by atoms with Crippen LogP contribution in [-0.2, 0) is 13.0 Å². The largest absolute Gasteiger partial charge is 0.497 e. The Kier molecular flexibility index (Phi) is 7.69. The number of piperazine rings is 1. The molecule has 1 aliphatic heterocycles. The van der Waals surface area contributed by atoms with Gasteiger partial charge >= 0.3 is 0 Å². The van der Waals surface area contributed by atoms with Crippen LogP contribution in [-0.4, -0.2) is 69.8 Å². The number of benzene rings is 1. The number of anilines is 1. The molecular formula is C22H32N6O. The molecule has 2 heterocycles. The molecule has 156 valence electrons. The first-order valence-electron chi connectivity index (χ1n) is 10.1. The fraction of sp³-hybridized carbons (Fsp3) is 0.455. The fourth-order valence-corrected chi connectivity index (χ4v) is 3.27. The van der Waals surface area contributed by atoms with E-state index in [1.54, 1.807) is 14.2 Å². The lowest BCUT2D eigenvalue weighted by atomic mass is 10.1. The third kappa shape index (κ3) is 6.35. The molecule has 3 rings (SSSR count). The van der Waals surface area contributed by atoms with Gasteiger partial charge in [-0.25, -0.2) is 4.98 Å². The van der Waals surface area contributed by atoms with E-state index < -0.39 is 0 Å². The third-order valence-electron chi connectivity index (χ3n) is 5.19. The van der Waals surface area contributed by atoms with Crippen molar-refractivity contribution in [3.63, 3.8) is 0 Å². The van der Waals surface area contributed by atoms with Gasteiger partial charge in [-0.1, -0.05) is 18.2 Å². The van der Waals surface area contributed by atoms with Crippen molar-refractivity contribution in [1.82, 2.24) is 20.5 Å². The van der Waals surface area contributed by atoms with E-state index in [0.717, 1.165) is 62.2 Å². The second kappa shape index (κ2) is 10.7. The van der Waals surface area contributed by atoms with Gasteiger partial charge in [0.1, 0.15) is 11.6 Å². The molecule has 0 spiro atoms. The van der Waals surface area contributed by atoms with Gasteiger partial charge in [-0.15, -0.1) is 0 Å². The van der Waals surface area contributed by atoms with Gasteiger partial charge in [0.25, 0.3) is 0 Å². The maximum absolute atomic E-state index is 5.19. The number of hydrogen-bond donors (Lipinski definition) is 2. The Morgan fingerprint density at radius 2 is 1.76 bits per heavy atom. The van der Waals surface area contributed by atoms with Gasteiger partial charge in [0.05, 0.1) is 7.11 Å². The highest BCUT2D eigenvalue weighted by Gasteiger charge is 2.14. The minimum absolute atomic E-state index is 0.693. The molecule has 0 amide bonds. The first kappa shape index (κ1) is 20.9. The Bertz CT molecular complexity index is 767. The van der Waals surface area contributed by atoms with E-state index in [1.165, 1.54) is 5.56 Å². The molecule has 29 heavy (non-hydrogen) atoms. The number of ether oxygens (including phenoxy) is 1. The molecule has 1 aromatic carbocycles. The Labute approximate surface area is 173 Å². The normalized spacial score (nSPS) is 15.3. The molecule has 7 heteroatoms. The Morgan fingerprint density at radius 3 is 2.38 bits per heavy atom. The monoisotopic (exact) mass is 396 g/mol. The van der Waals surface area contributed by atoms with Crippen LogP contribution in [0.1, 0.15) is 11.1 Å². The van der Waals surface area contributed by atoms with Crippen molar-refractivity contribution < 1.29 is 4.74 Å². The molecule has 1 aliphatic rings. The summed E-state index contributed by atoms with van der Waals surface area (Å²) in [5.41, 5.74) is 2.40. The zero-order valence-electron chi connectivity index (χ0n) is 17.7. The van der Waals surface area contributed by atoms with Gasteiger partial charge in [-0.05, 0) is 42.8 Å². The summed E-state index contributed by atoms with van der Waals surface area (Å²) in [6.45, 7) is 5.75. The van der Waals surface area contributed by atoms with Crippen LogP contribution in [0.3, 0.4) is 0 Å². The van der Waals surface area contributed by atoms with Crippen molar-refractivity contribution in [2.24, 2.45) is 4.99 Å². The molecule has 1 aromatic heterocycles. The molecule has 2 N–H and O–H groups in total. The summed E-state index contributed by atoms with van der Waals surface area (Å²) in [5, 5.41) is 6.71. The number of methoxy groups -OCH3 is 1. The number of rotatable bonds is 7. The average molecular weight is 397 g/mol. The van der Waals surface area contributed by atoms with Crippen LogP contribution >= 0.6 is 0 Å². The molecule has 0 bridgehead atoms. The summed E-state index contributed by atoms with van der Waals surface area (Å²) < 4.78 is 5.19. The second-order valence-electron chi connectivity index (χ2n) is 7.27. The van der Waals surface area contributed by atoms with E-state index in [9.17, 15) is 0 Å². The van der Waals surface area contributed by atoms with Crippen molar-refractivity contribution in [3.05, 3.63) is 53.7 Å². The number of guanidine groups is 1. The molecule has 0 radical (unpaired) electrons. The molecule has 0 saturated carbocycles. The molecule has 0 aliphatic carbocycles. The van der Waals surface area contributed by atoms with Crippen LogP contribution in [0.2, 0.25) is 0 Å². The molecule has 1 fully saturated rings. The average Bonchev–Trinajstić information content (AvgIpc) is 2.77. The Morgan fingerprint density at radius 1 is 1.03 bits per heavy atom.